The summed E-state index contributed by atoms with van der Waals surface area (Å²) < 4.78 is 5.97. The number of nitrogens with zero attached hydrogens (tertiary/aromatic N) is 3. The molecule has 1 saturated carbocycles. The standard InChI is InChI=1S/C14H20N4O/c15-13-6-11(9-3-4-9)16-14(17-13)12-7-18-5-1-2-10(18)8-19-12/h6,9-10,12H,1-5,7-8H2,(H2,15,16,17). The van der Waals surface area contributed by atoms with E-state index in [0.717, 1.165) is 24.7 Å². The van der Waals surface area contributed by atoms with Gasteiger partial charge in [-0.1, -0.05) is 0 Å². The van der Waals surface area contributed by atoms with Crippen LogP contribution in [0.25, 0.3) is 0 Å². The minimum atomic E-state index is -0.00431. The Bertz CT molecular complexity index is 488. The number of morpholine rings is 1. The van der Waals surface area contributed by atoms with Crippen molar-refractivity contribution in [1.82, 2.24) is 14.9 Å². The predicted octanol–water partition coefficient (Wildman–Crippen LogP) is 1.47. The fraction of sp³-hybridized carbons (Fsp3) is 0.714. The first-order valence-electron chi connectivity index (χ1n) is 7.29. The summed E-state index contributed by atoms with van der Waals surface area (Å²) in [6.07, 6.45) is 5.00. The molecule has 2 aliphatic heterocycles. The molecule has 2 N–H and O–H groups in total. The number of hydrogen-bond donors (Lipinski definition) is 1. The number of aromatic nitrogens is 2. The maximum Gasteiger partial charge on any atom is 0.161 e. The van der Waals surface area contributed by atoms with Crippen LogP contribution in [0.2, 0.25) is 0 Å². The van der Waals surface area contributed by atoms with Crippen molar-refractivity contribution < 1.29 is 4.74 Å². The molecule has 0 bridgehead atoms. The van der Waals surface area contributed by atoms with E-state index in [2.05, 4.69) is 9.88 Å². The van der Waals surface area contributed by atoms with Crippen LogP contribution in [-0.2, 0) is 4.74 Å². The van der Waals surface area contributed by atoms with Gasteiger partial charge in [0.05, 0.1) is 6.61 Å². The zero-order chi connectivity index (χ0) is 12.8. The summed E-state index contributed by atoms with van der Waals surface area (Å²) >= 11 is 0. The number of ether oxygens (including phenoxy) is 1. The second-order valence-electron chi connectivity index (χ2n) is 5.96. The lowest BCUT2D eigenvalue weighted by Crippen LogP contribution is -2.42. The molecule has 5 nitrogen and oxygen atoms in total. The highest BCUT2D eigenvalue weighted by Gasteiger charge is 2.35. The van der Waals surface area contributed by atoms with Gasteiger partial charge in [0.25, 0.3) is 0 Å². The molecular formula is C14H20N4O. The van der Waals surface area contributed by atoms with Gasteiger partial charge >= 0.3 is 0 Å². The van der Waals surface area contributed by atoms with Gasteiger partial charge in [-0.15, -0.1) is 0 Å². The first-order chi connectivity index (χ1) is 9.29. The normalized spacial score (nSPS) is 31.4. The molecule has 19 heavy (non-hydrogen) atoms. The van der Waals surface area contributed by atoms with Gasteiger partial charge in [0.2, 0.25) is 0 Å². The van der Waals surface area contributed by atoms with Crippen LogP contribution in [0.1, 0.15) is 49.2 Å². The predicted molar refractivity (Wildman–Crippen MR) is 71.7 cm³/mol. The Morgan fingerprint density at radius 2 is 2.16 bits per heavy atom. The van der Waals surface area contributed by atoms with Crippen molar-refractivity contribution in [3.63, 3.8) is 0 Å². The summed E-state index contributed by atoms with van der Waals surface area (Å²) in [5.74, 6) is 1.97. The lowest BCUT2D eigenvalue weighted by Gasteiger charge is -2.34. The van der Waals surface area contributed by atoms with E-state index in [1.807, 2.05) is 6.07 Å². The minimum Gasteiger partial charge on any atom is -0.384 e. The third-order valence-electron chi connectivity index (χ3n) is 4.46. The van der Waals surface area contributed by atoms with E-state index in [0.29, 0.717) is 17.8 Å². The average Bonchev–Trinajstić information content (AvgIpc) is 3.16. The number of fused-ring (bicyclic) bond motifs is 1. The molecular weight excluding hydrogens is 240 g/mol. The maximum atomic E-state index is 5.97. The van der Waals surface area contributed by atoms with Crippen molar-refractivity contribution in [3.05, 3.63) is 17.6 Å². The Hall–Kier alpha value is -1.20. The Morgan fingerprint density at radius 1 is 1.26 bits per heavy atom. The highest BCUT2D eigenvalue weighted by atomic mass is 16.5. The summed E-state index contributed by atoms with van der Waals surface area (Å²) in [6.45, 7) is 2.90. The van der Waals surface area contributed by atoms with E-state index >= 15 is 0 Å². The van der Waals surface area contributed by atoms with Crippen molar-refractivity contribution >= 4 is 5.82 Å². The molecule has 5 heteroatoms. The van der Waals surface area contributed by atoms with E-state index in [9.17, 15) is 0 Å². The summed E-state index contributed by atoms with van der Waals surface area (Å²) in [4.78, 5) is 11.6. The lowest BCUT2D eigenvalue weighted by molar-refractivity contribution is -0.0541. The van der Waals surface area contributed by atoms with Crippen LogP contribution in [-0.4, -0.2) is 40.6 Å². The molecule has 2 unspecified atom stereocenters. The molecule has 0 aromatic carbocycles. The Balaban J connectivity index is 1.57. The van der Waals surface area contributed by atoms with E-state index in [-0.39, 0.29) is 6.10 Å². The molecule has 4 rings (SSSR count). The van der Waals surface area contributed by atoms with Crippen LogP contribution in [0.3, 0.4) is 0 Å². The molecule has 3 aliphatic rings. The fourth-order valence-corrected chi connectivity index (χ4v) is 3.21. The quantitative estimate of drug-likeness (QED) is 0.872. The molecule has 1 aliphatic carbocycles. The summed E-state index contributed by atoms with van der Waals surface area (Å²) in [6, 6.07) is 2.53. The summed E-state index contributed by atoms with van der Waals surface area (Å²) in [7, 11) is 0. The van der Waals surface area contributed by atoms with Crippen molar-refractivity contribution in [3.8, 4) is 0 Å². The largest absolute Gasteiger partial charge is 0.384 e. The van der Waals surface area contributed by atoms with Gasteiger partial charge in [-0.05, 0) is 32.2 Å². The van der Waals surface area contributed by atoms with E-state index in [1.54, 1.807) is 0 Å². The van der Waals surface area contributed by atoms with Crippen LogP contribution >= 0.6 is 0 Å². The van der Waals surface area contributed by atoms with Gasteiger partial charge < -0.3 is 10.5 Å². The van der Waals surface area contributed by atoms with Crippen LogP contribution in [0.4, 0.5) is 5.82 Å². The fourth-order valence-electron chi connectivity index (χ4n) is 3.21. The monoisotopic (exact) mass is 260 g/mol. The zero-order valence-corrected chi connectivity index (χ0v) is 11.1. The van der Waals surface area contributed by atoms with Gasteiger partial charge in [-0.2, -0.15) is 0 Å². The molecule has 0 amide bonds. The molecule has 102 valence electrons. The zero-order valence-electron chi connectivity index (χ0n) is 11.1. The lowest BCUT2D eigenvalue weighted by atomic mass is 10.1. The number of nitrogens with two attached hydrogens (primary N) is 1. The summed E-state index contributed by atoms with van der Waals surface area (Å²) in [5, 5.41) is 0. The van der Waals surface area contributed by atoms with Crippen LogP contribution < -0.4 is 5.73 Å². The first-order valence-corrected chi connectivity index (χ1v) is 7.29. The SMILES string of the molecule is Nc1cc(C2CC2)nc(C2CN3CCCC3CO2)n1. The second kappa shape index (κ2) is 4.42. The molecule has 3 fully saturated rings. The topological polar surface area (TPSA) is 64.3 Å². The average molecular weight is 260 g/mol. The number of anilines is 1. The Labute approximate surface area is 113 Å². The molecule has 2 atom stereocenters. The van der Waals surface area contributed by atoms with Crippen LogP contribution in [0.5, 0.6) is 0 Å². The van der Waals surface area contributed by atoms with Gasteiger partial charge in [0.15, 0.2) is 5.82 Å². The smallest absolute Gasteiger partial charge is 0.161 e. The first kappa shape index (κ1) is 11.6. The van der Waals surface area contributed by atoms with Crippen molar-refractivity contribution in [1.29, 1.82) is 0 Å². The Morgan fingerprint density at radius 3 is 3.00 bits per heavy atom. The van der Waals surface area contributed by atoms with Gasteiger partial charge in [0.1, 0.15) is 11.9 Å². The number of rotatable bonds is 2. The molecule has 2 saturated heterocycles. The van der Waals surface area contributed by atoms with E-state index in [1.165, 1.54) is 32.2 Å². The highest BCUT2D eigenvalue weighted by Crippen LogP contribution is 2.40. The third kappa shape index (κ3) is 2.21. The number of hydrogen-bond acceptors (Lipinski definition) is 5. The van der Waals surface area contributed by atoms with E-state index in [4.69, 9.17) is 15.5 Å². The maximum absolute atomic E-state index is 5.97. The Kier molecular flexibility index (Phi) is 2.70. The van der Waals surface area contributed by atoms with Crippen molar-refractivity contribution in [2.45, 2.75) is 43.7 Å². The van der Waals surface area contributed by atoms with Gasteiger partial charge in [-0.25, -0.2) is 9.97 Å². The van der Waals surface area contributed by atoms with Crippen molar-refractivity contribution in [2.75, 3.05) is 25.4 Å². The van der Waals surface area contributed by atoms with Crippen LogP contribution in [0.15, 0.2) is 6.07 Å². The molecule has 0 radical (unpaired) electrons. The minimum absolute atomic E-state index is 0.00431. The third-order valence-corrected chi connectivity index (χ3v) is 4.46. The molecule has 1 aromatic heterocycles. The second-order valence-corrected chi connectivity index (χ2v) is 5.96. The number of nitrogen functional groups attached to an aromatic ring is 1. The molecule has 3 heterocycles. The highest BCUT2D eigenvalue weighted by molar-refractivity contribution is 5.33. The van der Waals surface area contributed by atoms with E-state index < -0.39 is 0 Å². The summed E-state index contributed by atoms with van der Waals surface area (Å²) in [5.41, 5.74) is 7.02. The van der Waals surface area contributed by atoms with Gasteiger partial charge in [-0.3, -0.25) is 4.90 Å². The van der Waals surface area contributed by atoms with Crippen LogP contribution in [0, 0.1) is 0 Å². The van der Waals surface area contributed by atoms with Crippen molar-refractivity contribution in [2.24, 2.45) is 0 Å². The molecule has 1 aromatic rings. The molecule has 0 spiro atoms. The van der Waals surface area contributed by atoms with Gasteiger partial charge in [0, 0.05) is 30.3 Å².